The molecule has 1 aromatic heterocycles. The number of hydrogen-bond donors (Lipinski definition) is 3. The smallest absolute Gasteiger partial charge is 0.322 e. The Morgan fingerprint density at radius 1 is 1.55 bits per heavy atom. The maximum atomic E-state index is 12.0. The predicted octanol–water partition coefficient (Wildman–Crippen LogP) is -1.44. The van der Waals surface area contributed by atoms with Gasteiger partial charge >= 0.3 is 5.97 Å². The number of carbonyl (C=O) groups is 2. The Morgan fingerprint density at radius 3 is 2.70 bits per heavy atom. The summed E-state index contributed by atoms with van der Waals surface area (Å²) in [6.07, 6.45) is 0.506. The van der Waals surface area contributed by atoms with Gasteiger partial charge in [0.15, 0.2) is 5.69 Å². The van der Waals surface area contributed by atoms with Crippen molar-refractivity contribution in [3.05, 3.63) is 24.0 Å². The van der Waals surface area contributed by atoms with E-state index in [1.54, 1.807) is 10.8 Å². The summed E-state index contributed by atoms with van der Waals surface area (Å²) in [5, 5.41) is 17.6. The van der Waals surface area contributed by atoms with Crippen molar-refractivity contribution in [2.45, 2.75) is 17.4 Å². The topological polar surface area (TPSA) is 163 Å². The minimum absolute atomic E-state index is 0.386. The third kappa shape index (κ3) is 3.74. The maximum absolute atomic E-state index is 12.0. The second kappa shape index (κ2) is 6.09. The fourth-order valence-corrected chi connectivity index (χ4v) is 2.62. The van der Waals surface area contributed by atoms with Crippen molar-refractivity contribution in [3.63, 3.8) is 0 Å². The van der Waals surface area contributed by atoms with E-state index in [4.69, 9.17) is 16.1 Å². The predicted molar refractivity (Wildman–Crippen MR) is 64.5 cm³/mol. The molecule has 1 heterocycles. The van der Waals surface area contributed by atoms with E-state index in [0.717, 1.165) is 6.07 Å². The summed E-state index contributed by atoms with van der Waals surface area (Å²) in [4.78, 5) is 24.7. The summed E-state index contributed by atoms with van der Waals surface area (Å²) in [5.41, 5.74) is 4.46. The van der Waals surface area contributed by atoms with Crippen LogP contribution in [0.2, 0.25) is 0 Å². The average molecular weight is 298 g/mol. The van der Waals surface area contributed by atoms with Crippen molar-refractivity contribution in [3.8, 4) is 6.07 Å². The number of carbonyl (C=O) groups excluding carboxylic acids is 1. The van der Waals surface area contributed by atoms with Crippen LogP contribution in [0.3, 0.4) is 0 Å². The van der Waals surface area contributed by atoms with E-state index in [1.807, 2.05) is 0 Å². The number of aromatic nitrogens is 1. The number of amides is 1. The van der Waals surface area contributed by atoms with Gasteiger partial charge in [-0.3, -0.25) is 9.59 Å². The van der Waals surface area contributed by atoms with Crippen molar-refractivity contribution in [1.29, 1.82) is 5.26 Å². The standard InChI is InChI=1S/C10H10N4O5S/c11-5-7-8(2-1-3-13-7)20(18,19)14-6(10(16)17)4-9(12)15/h1-3,6,14H,4H2,(H2,12,15)(H,16,17)/t6-/m0/s1. The van der Waals surface area contributed by atoms with Gasteiger partial charge in [0.05, 0.1) is 6.42 Å². The molecule has 0 aliphatic rings. The summed E-state index contributed by atoms with van der Waals surface area (Å²) < 4.78 is 25.8. The van der Waals surface area contributed by atoms with E-state index < -0.39 is 39.3 Å². The highest BCUT2D eigenvalue weighted by Crippen LogP contribution is 2.13. The second-order valence-electron chi connectivity index (χ2n) is 3.64. The van der Waals surface area contributed by atoms with Gasteiger partial charge in [0.1, 0.15) is 17.0 Å². The minimum Gasteiger partial charge on any atom is -0.480 e. The molecule has 9 nitrogen and oxygen atoms in total. The number of sulfonamides is 1. The van der Waals surface area contributed by atoms with Crippen molar-refractivity contribution in [1.82, 2.24) is 9.71 Å². The number of nitrogens with zero attached hydrogens (tertiary/aromatic N) is 2. The lowest BCUT2D eigenvalue weighted by atomic mass is 10.2. The van der Waals surface area contributed by atoms with Crippen LogP contribution in [-0.2, 0) is 19.6 Å². The largest absolute Gasteiger partial charge is 0.480 e. The zero-order valence-electron chi connectivity index (χ0n) is 9.98. The molecule has 0 saturated carbocycles. The molecule has 106 valence electrons. The van der Waals surface area contributed by atoms with Gasteiger partial charge in [-0.15, -0.1) is 0 Å². The van der Waals surface area contributed by atoms with Gasteiger partial charge in [0, 0.05) is 6.20 Å². The minimum atomic E-state index is -4.32. The van der Waals surface area contributed by atoms with Crippen molar-refractivity contribution in [2.75, 3.05) is 0 Å². The van der Waals surface area contributed by atoms with Gasteiger partial charge in [-0.05, 0) is 12.1 Å². The van der Waals surface area contributed by atoms with Crippen molar-refractivity contribution >= 4 is 21.9 Å². The van der Waals surface area contributed by atoms with E-state index in [1.165, 1.54) is 12.3 Å². The highest BCUT2D eigenvalue weighted by Gasteiger charge is 2.28. The third-order valence-corrected chi connectivity index (χ3v) is 3.67. The van der Waals surface area contributed by atoms with Crippen LogP contribution in [0.15, 0.2) is 23.2 Å². The van der Waals surface area contributed by atoms with Crippen LogP contribution in [-0.4, -0.2) is 36.4 Å². The lowest BCUT2D eigenvalue weighted by molar-refractivity contribution is -0.140. The summed E-state index contributed by atoms with van der Waals surface area (Å²) >= 11 is 0. The van der Waals surface area contributed by atoms with E-state index in [2.05, 4.69) is 4.98 Å². The number of nitrogens with two attached hydrogens (primary N) is 1. The zero-order valence-corrected chi connectivity index (χ0v) is 10.8. The lowest BCUT2D eigenvalue weighted by Crippen LogP contribution is -2.43. The number of hydrogen-bond acceptors (Lipinski definition) is 6. The fourth-order valence-electron chi connectivity index (χ4n) is 1.32. The third-order valence-electron chi connectivity index (χ3n) is 2.17. The van der Waals surface area contributed by atoms with Gasteiger partial charge < -0.3 is 10.8 Å². The first-order chi connectivity index (χ1) is 9.27. The molecule has 0 aliphatic carbocycles. The lowest BCUT2D eigenvalue weighted by Gasteiger charge is -2.13. The molecule has 1 aromatic rings. The quantitative estimate of drug-likeness (QED) is 0.578. The van der Waals surface area contributed by atoms with E-state index in [-0.39, 0.29) is 5.69 Å². The van der Waals surface area contributed by atoms with Crippen molar-refractivity contribution in [2.24, 2.45) is 5.73 Å². The second-order valence-corrected chi connectivity index (χ2v) is 5.33. The molecule has 0 fully saturated rings. The number of rotatable bonds is 6. The number of carboxylic acids is 1. The zero-order chi connectivity index (χ0) is 15.3. The normalized spacial score (nSPS) is 12.3. The highest BCUT2D eigenvalue weighted by atomic mass is 32.2. The first-order valence-corrected chi connectivity index (χ1v) is 6.65. The molecule has 10 heteroatoms. The molecular formula is C10H10N4O5S. The summed E-state index contributed by atoms with van der Waals surface area (Å²) in [6.45, 7) is 0. The number of nitriles is 1. The summed E-state index contributed by atoms with van der Waals surface area (Å²) in [5.74, 6) is -2.54. The van der Waals surface area contributed by atoms with Gasteiger partial charge in [-0.25, -0.2) is 13.4 Å². The number of carboxylic acid groups (broad SMARTS) is 1. The van der Waals surface area contributed by atoms with Crippen LogP contribution in [0, 0.1) is 11.3 Å². The van der Waals surface area contributed by atoms with Crippen LogP contribution >= 0.6 is 0 Å². The fraction of sp³-hybridized carbons (Fsp3) is 0.200. The molecule has 0 bridgehead atoms. The Bertz CT molecular complexity index is 679. The molecular weight excluding hydrogens is 288 g/mol. The van der Waals surface area contributed by atoms with Gasteiger partial charge in [0.2, 0.25) is 15.9 Å². The van der Waals surface area contributed by atoms with Gasteiger partial charge in [0.25, 0.3) is 0 Å². The SMILES string of the molecule is N#Cc1ncccc1S(=O)(=O)N[C@@H](CC(N)=O)C(=O)O. The number of aliphatic carboxylic acids is 1. The molecule has 1 atom stereocenters. The highest BCUT2D eigenvalue weighted by molar-refractivity contribution is 7.89. The van der Waals surface area contributed by atoms with Crippen LogP contribution in [0.5, 0.6) is 0 Å². The molecule has 0 aliphatic heterocycles. The number of nitrogens with one attached hydrogen (secondary N) is 1. The van der Waals surface area contributed by atoms with E-state index in [0.29, 0.717) is 0 Å². The van der Waals surface area contributed by atoms with Crippen LogP contribution in [0.4, 0.5) is 0 Å². The Balaban J connectivity index is 3.14. The van der Waals surface area contributed by atoms with Gasteiger partial charge in [-0.1, -0.05) is 0 Å². The summed E-state index contributed by atoms with van der Waals surface area (Å²) in [7, 11) is -4.32. The van der Waals surface area contributed by atoms with Crippen LogP contribution in [0.1, 0.15) is 12.1 Å². The van der Waals surface area contributed by atoms with E-state index >= 15 is 0 Å². The maximum Gasteiger partial charge on any atom is 0.322 e. The first-order valence-electron chi connectivity index (χ1n) is 5.16. The molecule has 0 radical (unpaired) electrons. The van der Waals surface area contributed by atoms with Gasteiger partial charge in [-0.2, -0.15) is 9.98 Å². The Hall–Kier alpha value is -2.51. The molecule has 1 amide bonds. The van der Waals surface area contributed by atoms with E-state index in [9.17, 15) is 18.0 Å². The summed E-state index contributed by atoms with van der Waals surface area (Å²) in [6, 6.07) is 2.23. The molecule has 0 spiro atoms. The number of pyridine rings is 1. The van der Waals surface area contributed by atoms with Crippen LogP contribution in [0.25, 0.3) is 0 Å². The Kier molecular flexibility index (Phi) is 4.73. The molecule has 0 unspecified atom stereocenters. The van der Waals surface area contributed by atoms with Crippen molar-refractivity contribution < 1.29 is 23.1 Å². The molecule has 1 rings (SSSR count). The Labute approximate surface area is 114 Å². The average Bonchev–Trinajstić information content (AvgIpc) is 2.37. The molecule has 20 heavy (non-hydrogen) atoms. The number of primary amides is 1. The molecule has 4 N–H and O–H groups in total. The monoisotopic (exact) mass is 298 g/mol. The molecule has 0 saturated heterocycles. The Morgan fingerprint density at radius 2 is 2.20 bits per heavy atom. The molecule has 0 aromatic carbocycles. The van der Waals surface area contributed by atoms with Crippen LogP contribution < -0.4 is 10.5 Å². The first kappa shape index (κ1) is 15.5.